The number of nitrogens with one attached hydrogen (secondary N) is 2. The van der Waals surface area contributed by atoms with Crippen molar-refractivity contribution in [2.45, 2.75) is 6.92 Å². The Hall–Kier alpha value is -5.91. The number of rotatable bonds is 8. The van der Waals surface area contributed by atoms with Crippen LogP contribution in [0.5, 0.6) is 0 Å². The van der Waals surface area contributed by atoms with Crippen LogP contribution in [0.4, 0.5) is 0 Å². The Balaban J connectivity index is 1.25. The zero-order chi connectivity index (χ0) is 31.3. The fourth-order valence-corrected chi connectivity index (χ4v) is 5.83. The minimum Gasteiger partial charge on any atom is -0.660 e. The van der Waals surface area contributed by atoms with Gasteiger partial charge in [-0.2, -0.15) is 0 Å². The van der Waals surface area contributed by atoms with E-state index >= 15 is 0 Å². The van der Waals surface area contributed by atoms with E-state index in [9.17, 15) is 0 Å². The van der Waals surface area contributed by atoms with Crippen LogP contribution >= 0.6 is 0 Å². The summed E-state index contributed by atoms with van der Waals surface area (Å²) in [4.78, 5) is 14.6. The van der Waals surface area contributed by atoms with E-state index in [2.05, 4.69) is 90.2 Å². The molecule has 0 saturated heterocycles. The Labute approximate surface area is 269 Å². The maximum atomic E-state index is 7.52. The number of hydrogen-bond acceptors (Lipinski definition) is 4. The molecule has 0 atom stereocenters. The van der Waals surface area contributed by atoms with Crippen LogP contribution in [0.15, 0.2) is 152 Å². The Morgan fingerprint density at radius 1 is 0.500 bits per heavy atom. The summed E-state index contributed by atoms with van der Waals surface area (Å²) in [6.07, 6.45) is 2.00. The maximum absolute atomic E-state index is 7.52. The van der Waals surface area contributed by atoms with Crippen LogP contribution in [0.3, 0.4) is 0 Å². The van der Waals surface area contributed by atoms with Crippen molar-refractivity contribution in [3.63, 3.8) is 0 Å². The topological polar surface area (TPSA) is 74.5 Å². The van der Waals surface area contributed by atoms with Crippen molar-refractivity contribution in [2.75, 3.05) is 6.67 Å². The Bertz CT molecular complexity index is 2080. The molecular formula is C41H32N5-. The van der Waals surface area contributed by atoms with E-state index in [1.807, 2.05) is 73.7 Å². The third-order valence-corrected chi connectivity index (χ3v) is 8.15. The number of allylic oxidation sites excluding steroid dienone is 1. The predicted molar refractivity (Wildman–Crippen MR) is 190 cm³/mol. The molecule has 0 bridgehead atoms. The first-order chi connectivity index (χ1) is 22.7. The van der Waals surface area contributed by atoms with Crippen molar-refractivity contribution in [3.8, 4) is 56.4 Å². The molecule has 1 heterocycles. The van der Waals surface area contributed by atoms with Gasteiger partial charge in [-0.3, -0.25) is 0 Å². The summed E-state index contributed by atoms with van der Waals surface area (Å²) in [5.41, 5.74) is 17.0. The SMILES string of the molecule is C/C=C(\NC[NH-])c1ccc(-c2ccc(-c3ccc(-c4nc(-c5ccccc5)nc(-c5ccccc5)n4)cc3)c3ccccc23)cc1. The van der Waals surface area contributed by atoms with Crippen molar-refractivity contribution in [3.05, 3.63) is 163 Å². The fraction of sp³-hybridized carbons (Fsp3) is 0.0488. The van der Waals surface area contributed by atoms with E-state index in [4.69, 9.17) is 20.7 Å². The highest BCUT2D eigenvalue weighted by molar-refractivity contribution is 6.05. The summed E-state index contributed by atoms with van der Waals surface area (Å²) in [6, 6.07) is 50.1. The first-order valence-corrected chi connectivity index (χ1v) is 15.4. The lowest BCUT2D eigenvalue weighted by atomic mass is 9.91. The highest BCUT2D eigenvalue weighted by atomic mass is 15.0. The Morgan fingerprint density at radius 3 is 1.33 bits per heavy atom. The molecule has 0 aliphatic heterocycles. The van der Waals surface area contributed by atoms with Gasteiger partial charge >= 0.3 is 0 Å². The van der Waals surface area contributed by atoms with Crippen molar-refractivity contribution in [1.82, 2.24) is 20.3 Å². The molecule has 0 aliphatic rings. The standard InChI is InChI=1S/C41H32N5/c1-2-38(43-27-42)30-21-17-28(18-22-30)34-25-26-35(37-16-10-9-15-36(34)37)29-19-23-33(24-20-29)41-45-39(31-11-5-3-6-12-31)44-40(46-41)32-13-7-4-8-14-32/h2-26,42-43H,27H2,1H3/q-1/b38-2-. The molecular weight excluding hydrogens is 562 g/mol. The average molecular weight is 595 g/mol. The number of fused-ring (bicyclic) bond motifs is 1. The fourth-order valence-electron chi connectivity index (χ4n) is 5.83. The third-order valence-electron chi connectivity index (χ3n) is 8.15. The Morgan fingerprint density at radius 2 is 0.891 bits per heavy atom. The van der Waals surface area contributed by atoms with Crippen LogP contribution in [0, 0.1) is 0 Å². The zero-order valence-electron chi connectivity index (χ0n) is 25.5. The molecule has 0 unspecified atom stereocenters. The van der Waals surface area contributed by atoms with E-state index in [-0.39, 0.29) is 6.67 Å². The van der Waals surface area contributed by atoms with E-state index in [0.717, 1.165) is 39.1 Å². The summed E-state index contributed by atoms with van der Waals surface area (Å²) in [5, 5.41) is 5.51. The van der Waals surface area contributed by atoms with Gasteiger partial charge in [0.1, 0.15) is 0 Å². The Kier molecular flexibility index (Phi) is 8.14. The molecule has 46 heavy (non-hydrogen) atoms. The molecule has 0 amide bonds. The monoisotopic (exact) mass is 594 g/mol. The lowest BCUT2D eigenvalue weighted by molar-refractivity contribution is 1.01. The van der Waals surface area contributed by atoms with Gasteiger partial charge in [0.25, 0.3) is 0 Å². The van der Waals surface area contributed by atoms with E-state index in [0.29, 0.717) is 17.5 Å². The van der Waals surface area contributed by atoms with E-state index in [1.165, 1.54) is 21.9 Å². The first-order valence-electron chi connectivity index (χ1n) is 15.4. The van der Waals surface area contributed by atoms with Crippen LogP contribution in [0.25, 0.3) is 78.6 Å². The normalized spacial score (nSPS) is 11.5. The van der Waals surface area contributed by atoms with Crippen LogP contribution in [0.1, 0.15) is 12.5 Å². The zero-order valence-corrected chi connectivity index (χ0v) is 25.5. The quantitative estimate of drug-likeness (QED) is 0.190. The minimum atomic E-state index is 0.146. The molecule has 0 saturated carbocycles. The summed E-state index contributed by atoms with van der Waals surface area (Å²) in [5.74, 6) is 1.94. The van der Waals surface area contributed by atoms with Crippen LogP contribution in [-0.4, -0.2) is 21.6 Å². The van der Waals surface area contributed by atoms with Crippen molar-refractivity contribution >= 4 is 16.5 Å². The van der Waals surface area contributed by atoms with E-state index < -0.39 is 0 Å². The van der Waals surface area contributed by atoms with Crippen molar-refractivity contribution in [1.29, 1.82) is 0 Å². The van der Waals surface area contributed by atoms with Gasteiger partial charge in [0, 0.05) is 22.4 Å². The molecule has 0 fully saturated rings. The van der Waals surface area contributed by atoms with Gasteiger partial charge in [-0.05, 0) is 45.5 Å². The van der Waals surface area contributed by atoms with Crippen molar-refractivity contribution < 1.29 is 0 Å². The number of nitrogens with zero attached hydrogens (tertiary/aromatic N) is 3. The molecule has 2 N–H and O–H groups in total. The molecule has 5 heteroatoms. The number of aromatic nitrogens is 3. The predicted octanol–water partition coefficient (Wildman–Crippen LogP) is 10.3. The molecule has 1 aromatic heterocycles. The second kappa shape index (κ2) is 13.0. The molecule has 222 valence electrons. The van der Waals surface area contributed by atoms with Gasteiger partial charge in [-0.1, -0.05) is 158 Å². The van der Waals surface area contributed by atoms with E-state index in [1.54, 1.807) is 0 Å². The molecule has 7 aromatic rings. The summed E-state index contributed by atoms with van der Waals surface area (Å²) >= 11 is 0. The highest BCUT2D eigenvalue weighted by Crippen LogP contribution is 2.36. The molecule has 7 rings (SSSR count). The second-order valence-corrected chi connectivity index (χ2v) is 11.0. The number of hydrogen-bond donors (Lipinski definition) is 1. The summed E-state index contributed by atoms with van der Waals surface area (Å²) in [7, 11) is 0. The maximum Gasteiger partial charge on any atom is 0.164 e. The van der Waals surface area contributed by atoms with Gasteiger partial charge < -0.3 is 11.1 Å². The summed E-state index contributed by atoms with van der Waals surface area (Å²) < 4.78 is 0. The molecule has 6 aromatic carbocycles. The van der Waals surface area contributed by atoms with Gasteiger partial charge in [-0.15, -0.1) is 0 Å². The van der Waals surface area contributed by atoms with Gasteiger partial charge in [0.05, 0.1) is 0 Å². The molecule has 5 nitrogen and oxygen atoms in total. The molecule has 0 radical (unpaired) electrons. The smallest absolute Gasteiger partial charge is 0.164 e. The lowest BCUT2D eigenvalue weighted by Gasteiger charge is -2.15. The molecule has 0 aliphatic carbocycles. The second-order valence-electron chi connectivity index (χ2n) is 11.0. The lowest BCUT2D eigenvalue weighted by Crippen LogP contribution is -2.10. The number of benzene rings is 6. The van der Waals surface area contributed by atoms with Gasteiger partial charge in [-0.25, -0.2) is 15.0 Å². The van der Waals surface area contributed by atoms with Crippen LogP contribution in [0.2, 0.25) is 0 Å². The average Bonchev–Trinajstić information content (AvgIpc) is 3.14. The highest BCUT2D eigenvalue weighted by Gasteiger charge is 2.14. The van der Waals surface area contributed by atoms with Crippen LogP contribution in [-0.2, 0) is 0 Å². The third kappa shape index (κ3) is 5.80. The first kappa shape index (κ1) is 28.8. The van der Waals surface area contributed by atoms with Crippen LogP contribution < -0.4 is 5.32 Å². The minimum absolute atomic E-state index is 0.146. The van der Waals surface area contributed by atoms with Crippen molar-refractivity contribution in [2.24, 2.45) is 0 Å². The summed E-state index contributed by atoms with van der Waals surface area (Å²) in [6.45, 7) is 2.13. The largest absolute Gasteiger partial charge is 0.660 e. The van der Waals surface area contributed by atoms with Gasteiger partial charge in [0.2, 0.25) is 0 Å². The molecule has 0 spiro atoms. The van der Waals surface area contributed by atoms with Gasteiger partial charge in [0.15, 0.2) is 17.5 Å².